The molecular weight excluding hydrogens is 372 g/mol. The van der Waals surface area contributed by atoms with Crippen LogP contribution in [-0.2, 0) is 4.74 Å². The van der Waals surface area contributed by atoms with Gasteiger partial charge in [-0.25, -0.2) is 4.79 Å². The maximum atomic E-state index is 13.0. The van der Waals surface area contributed by atoms with Crippen molar-refractivity contribution in [1.29, 1.82) is 0 Å². The molecule has 0 aliphatic heterocycles. The normalized spacial score (nSPS) is 12.4. The molecule has 0 saturated heterocycles. The molecule has 0 aromatic heterocycles. The van der Waals surface area contributed by atoms with Gasteiger partial charge in [-0.1, -0.05) is 48.5 Å². The molecule has 0 amide bonds. The minimum atomic E-state index is -0.363. The first-order valence-corrected chi connectivity index (χ1v) is 10.6. The molecule has 4 heteroatoms. The number of nitrogens with zero attached hydrogens (tertiary/aromatic N) is 1. The molecule has 1 aliphatic rings. The highest BCUT2D eigenvalue weighted by molar-refractivity contribution is 5.97. The molecule has 0 unspecified atom stereocenters. The van der Waals surface area contributed by atoms with Crippen molar-refractivity contribution in [3.05, 3.63) is 82.9 Å². The number of hydrogen-bond donors (Lipinski definition) is 1. The molecule has 0 bridgehead atoms. The minimum absolute atomic E-state index is 0.0397. The number of nitrogens with two attached hydrogens (primary N) is 1. The summed E-state index contributed by atoms with van der Waals surface area (Å²) in [5.41, 5.74) is 13.9. The molecule has 0 spiro atoms. The van der Waals surface area contributed by atoms with Gasteiger partial charge in [-0.05, 0) is 60.7 Å². The Bertz CT molecular complexity index is 1020. The number of esters is 1. The standard InChI is InChI=1S/C26H28N2O2/c1-4-28(5-2)18-14-17(3)25(24(27)15-18)26(29)30-16-23-21-12-8-6-10-19(21)20-11-7-9-13-22(20)23/h6-15,23H,4-5,16,27H2,1-3H3. The van der Waals surface area contributed by atoms with E-state index in [0.717, 1.165) is 24.3 Å². The number of fused-ring (bicyclic) bond motifs is 3. The third-order valence-electron chi connectivity index (χ3n) is 6.03. The number of carbonyl (C=O) groups is 1. The van der Waals surface area contributed by atoms with E-state index in [1.807, 2.05) is 43.3 Å². The van der Waals surface area contributed by atoms with E-state index >= 15 is 0 Å². The van der Waals surface area contributed by atoms with Gasteiger partial charge in [-0.2, -0.15) is 0 Å². The summed E-state index contributed by atoms with van der Waals surface area (Å²) < 4.78 is 5.81. The van der Waals surface area contributed by atoms with E-state index in [2.05, 4.69) is 43.0 Å². The molecule has 0 heterocycles. The molecule has 0 atom stereocenters. The lowest BCUT2D eigenvalue weighted by Gasteiger charge is -2.23. The average molecular weight is 401 g/mol. The van der Waals surface area contributed by atoms with E-state index in [4.69, 9.17) is 10.5 Å². The van der Waals surface area contributed by atoms with Crippen molar-refractivity contribution >= 4 is 17.3 Å². The van der Waals surface area contributed by atoms with Crippen LogP contribution in [0.5, 0.6) is 0 Å². The van der Waals surface area contributed by atoms with Gasteiger partial charge < -0.3 is 15.4 Å². The number of rotatable bonds is 6. The van der Waals surface area contributed by atoms with Crippen LogP contribution < -0.4 is 10.6 Å². The van der Waals surface area contributed by atoms with E-state index in [9.17, 15) is 4.79 Å². The maximum Gasteiger partial charge on any atom is 0.340 e. The van der Waals surface area contributed by atoms with Gasteiger partial charge in [-0.15, -0.1) is 0 Å². The van der Waals surface area contributed by atoms with E-state index < -0.39 is 0 Å². The Labute approximate surface area is 178 Å². The highest BCUT2D eigenvalue weighted by atomic mass is 16.5. The van der Waals surface area contributed by atoms with Crippen molar-refractivity contribution in [2.75, 3.05) is 30.3 Å². The van der Waals surface area contributed by atoms with Crippen molar-refractivity contribution < 1.29 is 9.53 Å². The molecule has 30 heavy (non-hydrogen) atoms. The van der Waals surface area contributed by atoms with Crippen molar-refractivity contribution in [2.24, 2.45) is 0 Å². The number of ether oxygens (including phenoxy) is 1. The van der Waals surface area contributed by atoms with E-state index in [0.29, 0.717) is 17.9 Å². The number of hydrogen-bond acceptors (Lipinski definition) is 4. The Balaban J connectivity index is 1.57. The lowest BCUT2D eigenvalue weighted by Crippen LogP contribution is -2.23. The second kappa shape index (κ2) is 8.23. The quantitative estimate of drug-likeness (QED) is 0.445. The zero-order valence-corrected chi connectivity index (χ0v) is 17.8. The van der Waals surface area contributed by atoms with Crippen LogP contribution in [0.4, 0.5) is 11.4 Å². The van der Waals surface area contributed by atoms with Gasteiger partial charge in [-0.3, -0.25) is 0 Å². The zero-order chi connectivity index (χ0) is 21.3. The van der Waals surface area contributed by atoms with Crippen molar-refractivity contribution in [2.45, 2.75) is 26.7 Å². The number of carbonyl (C=O) groups excluding carboxylic acids is 1. The molecule has 2 N–H and O–H groups in total. The molecule has 4 rings (SSSR count). The van der Waals surface area contributed by atoms with Crippen molar-refractivity contribution in [1.82, 2.24) is 0 Å². The summed E-state index contributed by atoms with van der Waals surface area (Å²) in [6.07, 6.45) is 0. The topological polar surface area (TPSA) is 55.6 Å². The van der Waals surface area contributed by atoms with Crippen LogP contribution in [0.25, 0.3) is 11.1 Å². The molecule has 4 nitrogen and oxygen atoms in total. The summed E-state index contributed by atoms with van der Waals surface area (Å²) in [5, 5.41) is 0. The van der Waals surface area contributed by atoms with Crippen LogP contribution in [-0.4, -0.2) is 25.7 Å². The first kappa shape index (κ1) is 20.0. The zero-order valence-electron chi connectivity index (χ0n) is 17.8. The Morgan fingerprint density at radius 2 is 1.53 bits per heavy atom. The molecule has 0 fully saturated rings. The average Bonchev–Trinajstić information content (AvgIpc) is 3.06. The molecule has 0 saturated carbocycles. The summed E-state index contributed by atoms with van der Waals surface area (Å²) >= 11 is 0. The van der Waals surface area contributed by atoms with Crippen LogP contribution >= 0.6 is 0 Å². The van der Waals surface area contributed by atoms with Crippen LogP contribution in [0, 0.1) is 6.92 Å². The van der Waals surface area contributed by atoms with Gasteiger partial charge in [0, 0.05) is 30.4 Å². The van der Waals surface area contributed by atoms with Gasteiger partial charge in [0.25, 0.3) is 0 Å². The summed E-state index contributed by atoms with van der Waals surface area (Å²) in [7, 11) is 0. The maximum absolute atomic E-state index is 13.0. The first-order chi connectivity index (χ1) is 14.5. The SMILES string of the molecule is CCN(CC)c1cc(C)c(C(=O)OCC2c3ccccc3-c3ccccc32)c(N)c1. The minimum Gasteiger partial charge on any atom is -0.461 e. The second-order valence-electron chi connectivity index (χ2n) is 7.72. The largest absolute Gasteiger partial charge is 0.461 e. The van der Waals surface area contributed by atoms with Gasteiger partial charge in [0.15, 0.2) is 0 Å². The lowest BCUT2D eigenvalue weighted by atomic mass is 9.98. The van der Waals surface area contributed by atoms with Gasteiger partial charge in [0.1, 0.15) is 6.61 Å². The fourth-order valence-corrected chi connectivity index (χ4v) is 4.52. The van der Waals surface area contributed by atoms with E-state index in [1.54, 1.807) is 0 Å². The number of aryl methyl sites for hydroxylation is 1. The fraction of sp³-hybridized carbons (Fsp3) is 0.269. The third kappa shape index (κ3) is 3.43. The Kier molecular flexibility index (Phi) is 5.49. The first-order valence-electron chi connectivity index (χ1n) is 10.6. The lowest BCUT2D eigenvalue weighted by molar-refractivity contribution is 0.0494. The van der Waals surface area contributed by atoms with Crippen LogP contribution in [0.15, 0.2) is 60.7 Å². The van der Waals surface area contributed by atoms with Crippen molar-refractivity contribution in [3.63, 3.8) is 0 Å². The van der Waals surface area contributed by atoms with Gasteiger partial charge in [0.05, 0.1) is 5.56 Å². The highest BCUT2D eigenvalue weighted by Gasteiger charge is 2.29. The highest BCUT2D eigenvalue weighted by Crippen LogP contribution is 2.44. The molecule has 3 aromatic carbocycles. The van der Waals surface area contributed by atoms with Crippen LogP contribution in [0.1, 0.15) is 46.8 Å². The Hall–Kier alpha value is -3.27. The predicted octanol–water partition coefficient (Wildman–Crippen LogP) is 5.39. The number of benzene rings is 3. The molecule has 0 radical (unpaired) electrons. The molecule has 3 aromatic rings. The summed E-state index contributed by atoms with van der Waals surface area (Å²) in [6, 6.07) is 20.5. The third-order valence-corrected chi connectivity index (χ3v) is 6.03. The summed E-state index contributed by atoms with van der Waals surface area (Å²) in [4.78, 5) is 15.2. The van der Waals surface area contributed by atoms with E-state index in [-0.39, 0.29) is 11.9 Å². The fourth-order valence-electron chi connectivity index (χ4n) is 4.52. The Morgan fingerprint density at radius 1 is 0.967 bits per heavy atom. The summed E-state index contributed by atoms with van der Waals surface area (Å²) in [6.45, 7) is 8.20. The van der Waals surface area contributed by atoms with Gasteiger partial charge in [0.2, 0.25) is 0 Å². The second-order valence-corrected chi connectivity index (χ2v) is 7.72. The predicted molar refractivity (Wildman–Crippen MR) is 123 cm³/mol. The Morgan fingerprint density at radius 3 is 2.07 bits per heavy atom. The van der Waals surface area contributed by atoms with Crippen LogP contribution in [0.3, 0.4) is 0 Å². The molecular formula is C26H28N2O2. The monoisotopic (exact) mass is 400 g/mol. The van der Waals surface area contributed by atoms with E-state index in [1.165, 1.54) is 22.3 Å². The van der Waals surface area contributed by atoms with Crippen LogP contribution in [0.2, 0.25) is 0 Å². The number of anilines is 2. The molecule has 154 valence electrons. The smallest absolute Gasteiger partial charge is 0.340 e. The molecule has 1 aliphatic carbocycles. The van der Waals surface area contributed by atoms with Crippen molar-refractivity contribution in [3.8, 4) is 11.1 Å². The summed E-state index contributed by atoms with van der Waals surface area (Å²) in [5.74, 6) is -0.323. The van der Waals surface area contributed by atoms with Gasteiger partial charge >= 0.3 is 5.97 Å². The number of nitrogen functional groups attached to an aromatic ring is 1.